The normalized spacial score (nSPS) is 14.8. The Morgan fingerprint density at radius 1 is 1.12 bits per heavy atom. The van der Waals surface area contributed by atoms with Crippen molar-refractivity contribution in [3.8, 4) is 11.9 Å². The zero-order valence-corrected chi connectivity index (χ0v) is 15.2. The van der Waals surface area contributed by atoms with Gasteiger partial charge in [0.2, 0.25) is 5.95 Å². The van der Waals surface area contributed by atoms with Crippen molar-refractivity contribution in [3.05, 3.63) is 42.2 Å². The highest BCUT2D eigenvalue weighted by Gasteiger charge is 2.17. The molecule has 2 aromatic rings. The van der Waals surface area contributed by atoms with E-state index in [9.17, 15) is 8.42 Å². The van der Waals surface area contributed by atoms with Gasteiger partial charge in [-0.25, -0.2) is 18.4 Å². The van der Waals surface area contributed by atoms with Crippen LogP contribution in [0, 0.1) is 11.5 Å². The van der Waals surface area contributed by atoms with Crippen molar-refractivity contribution in [2.75, 3.05) is 37.3 Å². The van der Waals surface area contributed by atoms with E-state index in [0.717, 1.165) is 5.56 Å². The van der Waals surface area contributed by atoms with Gasteiger partial charge in [-0.2, -0.15) is 5.26 Å². The molecule has 8 nitrogen and oxygen atoms in total. The highest BCUT2D eigenvalue weighted by molar-refractivity contribution is 7.90. The van der Waals surface area contributed by atoms with E-state index in [2.05, 4.69) is 16.2 Å². The van der Waals surface area contributed by atoms with Gasteiger partial charge in [0.05, 0.1) is 17.3 Å². The number of sulfone groups is 1. The summed E-state index contributed by atoms with van der Waals surface area (Å²) in [5, 5.41) is 8.87. The number of rotatable bonds is 5. The van der Waals surface area contributed by atoms with Gasteiger partial charge in [-0.1, -0.05) is 12.1 Å². The molecule has 9 heteroatoms. The third kappa shape index (κ3) is 4.40. The van der Waals surface area contributed by atoms with E-state index >= 15 is 0 Å². The van der Waals surface area contributed by atoms with E-state index in [0.29, 0.717) is 44.5 Å². The van der Waals surface area contributed by atoms with Crippen LogP contribution in [0.3, 0.4) is 0 Å². The minimum atomic E-state index is -3.19. The summed E-state index contributed by atoms with van der Waals surface area (Å²) in [7, 11) is -3.19. The van der Waals surface area contributed by atoms with E-state index in [1.165, 1.54) is 6.26 Å². The van der Waals surface area contributed by atoms with Gasteiger partial charge in [0, 0.05) is 32.4 Å². The van der Waals surface area contributed by atoms with Crippen LogP contribution >= 0.6 is 0 Å². The van der Waals surface area contributed by atoms with Crippen molar-refractivity contribution < 1.29 is 13.2 Å². The molecule has 0 bridgehead atoms. The van der Waals surface area contributed by atoms with Crippen molar-refractivity contribution in [3.63, 3.8) is 0 Å². The fourth-order valence-corrected chi connectivity index (χ4v) is 3.18. The van der Waals surface area contributed by atoms with Gasteiger partial charge < -0.3 is 14.5 Å². The zero-order chi connectivity index (χ0) is 18.6. The number of hydrogen-bond acceptors (Lipinski definition) is 8. The molecule has 0 amide bonds. The second-order valence-electron chi connectivity index (χ2n) is 6.00. The van der Waals surface area contributed by atoms with Crippen molar-refractivity contribution in [1.29, 1.82) is 5.26 Å². The minimum absolute atomic E-state index is 0.283. The lowest BCUT2D eigenvalue weighted by Gasteiger charge is -2.31. The molecule has 3 rings (SSSR count). The summed E-state index contributed by atoms with van der Waals surface area (Å²) in [6.45, 7) is 3.05. The first-order valence-corrected chi connectivity index (χ1v) is 9.98. The highest BCUT2D eigenvalue weighted by atomic mass is 32.2. The Labute approximate surface area is 152 Å². The van der Waals surface area contributed by atoms with Crippen LogP contribution in [-0.2, 0) is 16.4 Å². The van der Waals surface area contributed by atoms with Crippen LogP contribution in [0.25, 0.3) is 0 Å². The number of nitriles is 1. The predicted octanol–water partition coefficient (Wildman–Crippen LogP) is 1.06. The van der Waals surface area contributed by atoms with E-state index in [1.807, 2.05) is 4.90 Å². The highest BCUT2D eigenvalue weighted by Crippen LogP contribution is 2.16. The second-order valence-corrected chi connectivity index (χ2v) is 8.01. The lowest BCUT2D eigenvalue weighted by molar-refractivity contribution is 0.303. The Morgan fingerprint density at radius 2 is 1.73 bits per heavy atom. The number of benzene rings is 1. The van der Waals surface area contributed by atoms with Crippen molar-refractivity contribution in [2.24, 2.45) is 0 Å². The molecule has 0 atom stereocenters. The minimum Gasteiger partial charge on any atom is -0.486 e. The average Bonchev–Trinajstić information content (AvgIpc) is 2.66. The maximum Gasteiger partial charge on any atom is 0.225 e. The molecule has 136 valence electrons. The Bertz CT molecular complexity index is 883. The van der Waals surface area contributed by atoms with Gasteiger partial charge in [0.15, 0.2) is 21.8 Å². The molecule has 0 aliphatic carbocycles. The number of hydrogen-bond donors (Lipinski definition) is 0. The van der Waals surface area contributed by atoms with Gasteiger partial charge >= 0.3 is 0 Å². The van der Waals surface area contributed by atoms with Crippen LogP contribution in [0.4, 0.5) is 5.95 Å². The molecule has 0 spiro atoms. The molecule has 1 fully saturated rings. The summed E-state index contributed by atoms with van der Waals surface area (Å²) in [5.74, 6) is 1.16. The number of ether oxygens (including phenoxy) is 1. The first kappa shape index (κ1) is 17.9. The molecular weight excluding hydrogens is 354 g/mol. The lowest BCUT2D eigenvalue weighted by Crippen LogP contribution is -2.44. The van der Waals surface area contributed by atoms with E-state index in [4.69, 9.17) is 10.00 Å². The van der Waals surface area contributed by atoms with Crippen LogP contribution in [0.15, 0.2) is 41.6 Å². The maximum absolute atomic E-state index is 11.5. The van der Waals surface area contributed by atoms with Gasteiger partial charge in [-0.15, -0.1) is 0 Å². The molecule has 0 unspecified atom stereocenters. The van der Waals surface area contributed by atoms with Crippen molar-refractivity contribution in [1.82, 2.24) is 14.9 Å². The Morgan fingerprint density at radius 3 is 2.27 bits per heavy atom. The van der Waals surface area contributed by atoms with Crippen LogP contribution in [0.1, 0.15) is 5.56 Å². The summed E-state index contributed by atoms with van der Waals surface area (Å²) in [5.41, 5.74) is 0.856. The van der Waals surface area contributed by atoms with E-state index in [1.54, 1.807) is 41.6 Å². The molecule has 26 heavy (non-hydrogen) atoms. The Hall–Kier alpha value is -2.86. The summed E-state index contributed by atoms with van der Waals surface area (Å²) in [6.07, 6.45) is 6.55. The van der Waals surface area contributed by atoms with E-state index in [-0.39, 0.29) is 4.90 Å². The standard InChI is InChI=1S/C17H19N5O3S/c1-26(23,24)16-4-2-14(3-5-16)12-25-15-10-19-17(20-11-15)22-8-6-21(13-18)7-9-22/h2-5,10-11H,6-9,12H2,1H3. The smallest absolute Gasteiger partial charge is 0.225 e. The first-order valence-electron chi connectivity index (χ1n) is 8.09. The Kier molecular flexibility index (Phi) is 5.23. The topological polar surface area (TPSA) is 99.4 Å². The summed E-state index contributed by atoms with van der Waals surface area (Å²) in [6, 6.07) is 6.57. The monoisotopic (exact) mass is 373 g/mol. The quantitative estimate of drug-likeness (QED) is 0.718. The molecule has 2 heterocycles. The SMILES string of the molecule is CS(=O)(=O)c1ccc(COc2cnc(N3CCN(C#N)CC3)nc2)cc1. The van der Waals surface area contributed by atoms with E-state index < -0.39 is 9.84 Å². The molecule has 1 aromatic heterocycles. The first-order chi connectivity index (χ1) is 12.5. The molecule has 1 aliphatic heterocycles. The number of anilines is 1. The molecule has 0 radical (unpaired) electrons. The molecule has 1 saturated heterocycles. The zero-order valence-electron chi connectivity index (χ0n) is 14.4. The van der Waals surface area contributed by atoms with Crippen LogP contribution in [0.2, 0.25) is 0 Å². The third-order valence-electron chi connectivity index (χ3n) is 4.08. The van der Waals surface area contributed by atoms with Gasteiger partial charge in [0.1, 0.15) is 6.61 Å². The summed E-state index contributed by atoms with van der Waals surface area (Å²) >= 11 is 0. The molecular formula is C17H19N5O3S. The van der Waals surface area contributed by atoms with Crippen LogP contribution in [-0.4, -0.2) is 55.7 Å². The van der Waals surface area contributed by atoms with Crippen LogP contribution in [0.5, 0.6) is 5.75 Å². The molecule has 1 aromatic carbocycles. The summed E-state index contributed by atoms with van der Waals surface area (Å²) < 4.78 is 28.6. The number of aromatic nitrogens is 2. The van der Waals surface area contributed by atoms with Gasteiger partial charge in [-0.05, 0) is 17.7 Å². The average molecular weight is 373 g/mol. The summed E-state index contributed by atoms with van der Waals surface area (Å²) in [4.78, 5) is 12.7. The maximum atomic E-state index is 11.5. The fourth-order valence-electron chi connectivity index (χ4n) is 2.55. The van der Waals surface area contributed by atoms with Gasteiger partial charge in [0.25, 0.3) is 0 Å². The Balaban J connectivity index is 1.56. The van der Waals surface area contributed by atoms with Crippen molar-refractivity contribution in [2.45, 2.75) is 11.5 Å². The lowest BCUT2D eigenvalue weighted by atomic mass is 10.2. The van der Waals surface area contributed by atoms with Gasteiger partial charge in [-0.3, -0.25) is 0 Å². The molecule has 1 aliphatic rings. The van der Waals surface area contributed by atoms with Crippen molar-refractivity contribution >= 4 is 15.8 Å². The predicted molar refractivity (Wildman–Crippen MR) is 95.3 cm³/mol. The number of nitrogens with zero attached hydrogens (tertiary/aromatic N) is 5. The molecule has 0 N–H and O–H groups in total. The molecule has 0 saturated carbocycles. The largest absolute Gasteiger partial charge is 0.486 e. The fraction of sp³-hybridized carbons (Fsp3) is 0.353. The second kappa shape index (κ2) is 7.58. The number of piperazine rings is 1. The van der Waals surface area contributed by atoms with Crippen LogP contribution < -0.4 is 9.64 Å². The third-order valence-corrected chi connectivity index (χ3v) is 5.20.